The second-order valence-electron chi connectivity index (χ2n) is 5.85. The predicted octanol–water partition coefficient (Wildman–Crippen LogP) is 3.34. The molecule has 96 valence electrons. The van der Waals surface area contributed by atoms with E-state index in [2.05, 4.69) is 18.9 Å². The zero-order valence-corrected chi connectivity index (χ0v) is 11.6. The fraction of sp³-hybridized carbons (Fsp3) is 0.769. The van der Waals surface area contributed by atoms with Gasteiger partial charge in [-0.1, -0.05) is 25.4 Å². The summed E-state index contributed by atoms with van der Waals surface area (Å²) in [6.07, 6.45) is 5.22. The highest BCUT2D eigenvalue weighted by atomic mass is 35.5. The smallest absolute Gasteiger partial charge is 0.108 e. The van der Waals surface area contributed by atoms with E-state index in [1.54, 1.807) is 6.20 Å². The van der Waals surface area contributed by atoms with Gasteiger partial charge in [-0.05, 0) is 38.0 Å². The minimum atomic E-state index is -0.793. The van der Waals surface area contributed by atoms with Crippen molar-refractivity contribution in [2.24, 2.45) is 5.41 Å². The number of aromatic nitrogens is 2. The first kappa shape index (κ1) is 12.9. The Bertz CT molecular complexity index is 402. The van der Waals surface area contributed by atoms with Crippen LogP contribution in [-0.4, -0.2) is 14.9 Å². The summed E-state index contributed by atoms with van der Waals surface area (Å²) >= 11 is 6.17. The highest BCUT2D eigenvalue weighted by molar-refractivity contribution is 6.31. The van der Waals surface area contributed by atoms with Crippen LogP contribution in [0.4, 0.5) is 0 Å². The number of hydrogen-bond donors (Lipinski definition) is 1. The van der Waals surface area contributed by atoms with E-state index in [1.807, 2.05) is 11.6 Å². The van der Waals surface area contributed by atoms with E-state index in [0.717, 1.165) is 37.9 Å². The van der Waals surface area contributed by atoms with E-state index < -0.39 is 5.60 Å². The van der Waals surface area contributed by atoms with Gasteiger partial charge in [0.1, 0.15) is 5.60 Å². The lowest BCUT2D eigenvalue weighted by atomic mass is 9.70. The average molecular weight is 257 g/mol. The van der Waals surface area contributed by atoms with Gasteiger partial charge in [0.25, 0.3) is 0 Å². The van der Waals surface area contributed by atoms with E-state index in [-0.39, 0.29) is 0 Å². The minimum absolute atomic E-state index is 0.329. The van der Waals surface area contributed by atoms with E-state index in [9.17, 15) is 5.11 Å². The Labute approximate surface area is 108 Å². The van der Waals surface area contributed by atoms with Crippen molar-refractivity contribution in [3.05, 3.63) is 16.9 Å². The Morgan fingerprint density at radius 2 is 1.94 bits per heavy atom. The first-order valence-electron chi connectivity index (χ1n) is 6.32. The Balaban J connectivity index is 2.30. The SMILES string of the molecule is CCn1ncc(Cl)c1C1(O)CCC(C)(C)CC1. The molecule has 0 bridgehead atoms. The summed E-state index contributed by atoms with van der Waals surface area (Å²) in [6.45, 7) is 7.27. The number of rotatable bonds is 2. The maximum absolute atomic E-state index is 10.8. The van der Waals surface area contributed by atoms with Crippen molar-refractivity contribution in [1.82, 2.24) is 9.78 Å². The monoisotopic (exact) mass is 256 g/mol. The first-order chi connectivity index (χ1) is 7.88. The molecule has 1 aliphatic carbocycles. The molecule has 0 aliphatic heterocycles. The van der Waals surface area contributed by atoms with Gasteiger partial charge in [0, 0.05) is 6.54 Å². The van der Waals surface area contributed by atoms with Crippen LogP contribution in [0.15, 0.2) is 6.20 Å². The number of hydrogen-bond acceptors (Lipinski definition) is 2. The average Bonchev–Trinajstić information content (AvgIpc) is 2.65. The number of aliphatic hydroxyl groups is 1. The van der Waals surface area contributed by atoms with E-state index >= 15 is 0 Å². The van der Waals surface area contributed by atoms with Gasteiger partial charge < -0.3 is 5.11 Å². The molecule has 2 rings (SSSR count). The number of halogens is 1. The molecular formula is C13H21ClN2O. The summed E-state index contributed by atoms with van der Waals surface area (Å²) in [7, 11) is 0. The van der Waals surface area contributed by atoms with E-state index in [4.69, 9.17) is 11.6 Å². The third-order valence-corrected chi connectivity index (χ3v) is 4.24. The Morgan fingerprint density at radius 3 is 2.47 bits per heavy atom. The van der Waals surface area contributed by atoms with Crippen LogP contribution in [-0.2, 0) is 12.1 Å². The van der Waals surface area contributed by atoms with Crippen molar-refractivity contribution in [2.75, 3.05) is 0 Å². The second kappa shape index (κ2) is 4.29. The van der Waals surface area contributed by atoms with Gasteiger partial charge in [0.2, 0.25) is 0 Å². The molecule has 4 heteroatoms. The van der Waals surface area contributed by atoms with Gasteiger partial charge >= 0.3 is 0 Å². The largest absolute Gasteiger partial charge is 0.384 e. The van der Waals surface area contributed by atoms with Crippen LogP contribution in [0.3, 0.4) is 0 Å². The molecule has 1 saturated carbocycles. The van der Waals surface area contributed by atoms with Crippen LogP contribution < -0.4 is 0 Å². The third kappa shape index (κ3) is 2.36. The maximum atomic E-state index is 10.8. The molecule has 17 heavy (non-hydrogen) atoms. The number of nitrogens with zero attached hydrogens (tertiary/aromatic N) is 2. The molecule has 1 aliphatic rings. The summed E-state index contributed by atoms with van der Waals surface area (Å²) in [5, 5.41) is 15.6. The molecule has 0 atom stereocenters. The fourth-order valence-corrected chi connectivity index (χ4v) is 2.96. The first-order valence-corrected chi connectivity index (χ1v) is 6.70. The molecule has 0 unspecified atom stereocenters. The molecule has 0 aromatic carbocycles. The molecule has 1 aromatic heterocycles. The molecule has 3 nitrogen and oxygen atoms in total. The molecule has 0 radical (unpaired) electrons. The third-order valence-electron chi connectivity index (χ3n) is 3.97. The Hall–Kier alpha value is -0.540. The van der Waals surface area contributed by atoms with Crippen molar-refractivity contribution < 1.29 is 5.11 Å². The summed E-state index contributed by atoms with van der Waals surface area (Å²) in [5.74, 6) is 0. The van der Waals surface area contributed by atoms with Crippen LogP contribution in [0.2, 0.25) is 5.02 Å². The standard InChI is InChI=1S/C13H21ClN2O/c1-4-16-11(10(14)9-15-16)13(17)7-5-12(2,3)6-8-13/h9,17H,4-8H2,1-3H3. The molecule has 0 amide bonds. The molecular weight excluding hydrogens is 236 g/mol. The summed E-state index contributed by atoms with van der Waals surface area (Å²) < 4.78 is 1.82. The summed E-state index contributed by atoms with van der Waals surface area (Å²) in [4.78, 5) is 0. The van der Waals surface area contributed by atoms with Gasteiger partial charge in [0.05, 0.1) is 16.9 Å². The van der Waals surface area contributed by atoms with Crippen molar-refractivity contribution in [1.29, 1.82) is 0 Å². The van der Waals surface area contributed by atoms with Gasteiger partial charge in [-0.15, -0.1) is 0 Å². The van der Waals surface area contributed by atoms with Crippen LogP contribution in [0.25, 0.3) is 0 Å². The summed E-state index contributed by atoms with van der Waals surface area (Å²) in [6, 6.07) is 0. The molecule has 0 spiro atoms. The van der Waals surface area contributed by atoms with Crippen LogP contribution in [0.1, 0.15) is 52.1 Å². The normalized spacial score (nSPS) is 22.6. The van der Waals surface area contributed by atoms with Crippen molar-refractivity contribution in [2.45, 2.75) is 58.6 Å². The topological polar surface area (TPSA) is 38.0 Å². The Kier molecular flexibility index (Phi) is 3.25. The minimum Gasteiger partial charge on any atom is -0.384 e. The van der Waals surface area contributed by atoms with Gasteiger partial charge in [-0.2, -0.15) is 5.10 Å². The molecule has 1 heterocycles. The molecule has 1 fully saturated rings. The molecule has 1 N–H and O–H groups in total. The van der Waals surface area contributed by atoms with Crippen molar-refractivity contribution >= 4 is 11.6 Å². The van der Waals surface area contributed by atoms with E-state index in [1.165, 1.54) is 0 Å². The van der Waals surface area contributed by atoms with Crippen LogP contribution in [0, 0.1) is 5.41 Å². The van der Waals surface area contributed by atoms with E-state index in [0.29, 0.717) is 10.4 Å². The quantitative estimate of drug-likeness (QED) is 0.881. The number of aryl methyl sites for hydroxylation is 1. The lowest BCUT2D eigenvalue weighted by Gasteiger charge is -2.40. The zero-order valence-electron chi connectivity index (χ0n) is 10.8. The van der Waals surface area contributed by atoms with Gasteiger partial charge in [-0.25, -0.2) is 0 Å². The lowest BCUT2D eigenvalue weighted by molar-refractivity contribution is -0.0371. The highest BCUT2D eigenvalue weighted by Gasteiger charge is 2.41. The summed E-state index contributed by atoms with van der Waals surface area (Å²) in [5.41, 5.74) is 0.340. The highest BCUT2D eigenvalue weighted by Crippen LogP contribution is 2.46. The van der Waals surface area contributed by atoms with Gasteiger partial charge in [0.15, 0.2) is 0 Å². The zero-order chi connectivity index (χ0) is 12.7. The molecule has 1 aromatic rings. The maximum Gasteiger partial charge on any atom is 0.108 e. The van der Waals surface area contributed by atoms with Gasteiger partial charge in [-0.3, -0.25) is 4.68 Å². The van der Waals surface area contributed by atoms with Crippen molar-refractivity contribution in [3.8, 4) is 0 Å². The Morgan fingerprint density at radius 1 is 1.35 bits per heavy atom. The van der Waals surface area contributed by atoms with Crippen LogP contribution in [0.5, 0.6) is 0 Å². The molecule has 0 saturated heterocycles. The lowest BCUT2D eigenvalue weighted by Crippen LogP contribution is -2.36. The fourth-order valence-electron chi connectivity index (χ4n) is 2.64. The van der Waals surface area contributed by atoms with Crippen molar-refractivity contribution in [3.63, 3.8) is 0 Å². The van der Waals surface area contributed by atoms with Crippen LogP contribution >= 0.6 is 11.6 Å². The predicted molar refractivity (Wildman–Crippen MR) is 69.1 cm³/mol. The second-order valence-corrected chi connectivity index (χ2v) is 6.26.